The van der Waals surface area contributed by atoms with Gasteiger partial charge >= 0.3 is 0 Å². The van der Waals surface area contributed by atoms with Gasteiger partial charge in [-0.2, -0.15) is 0 Å². The first-order chi connectivity index (χ1) is 5.75. The van der Waals surface area contributed by atoms with Crippen LogP contribution in [0.5, 0.6) is 0 Å². The zero-order chi connectivity index (χ0) is 8.55. The van der Waals surface area contributed by atoms with E-state index in [1.165, 1.54) is 0 Å². The van der Waals surface area contributed by atoms with Crippen LogP contribution in [-0.4, -0.2) is 46.5 Å². The predicted molar refractivity (Wildman–Crippen MR) is 45.8 cm³/mol. The van der Waals surface area contributed by atoms with Gasteiger partial charge in [-0.3, -0.25) is 4.90 Å². The van der Waals surface area contributed by atoms with Gasteiger partial charge in [0.25, 0.3) is 0 Å². The standard InChI is InChI=1S/C9H17NO2/c11-8-3-1-7(2-4-8)10-5-9(12)6-10/h7-9,11-12H,1-6H2. The molecule has 12 heavy (non-hydrogen) atoms. The molecule has 0 bridgehead atoms. The van der Waals surface area contributed by atoms with E-state index in [1.54, 1.807) is 0 Å². The molecular formula is C9H17NO2. The quantitative estimate of drug-likeness (QED) is 0.582. The molecule has 70 valence electrons. The molecular weight excluding hydrogens is 154 g/mol. The number of β-amino-alcohol motifs (C(OH)–C–C–N with tert-alkyl or cyclic N) is 1. The van der Waals surface area contributed by atoms with Crippen molar-refractivity contribution < 1.29 is 10.2 Å². The Morgan fingerprint density at radius 2 is 1.42 bits per heavy atom. The number of hydrogen-bond donors (Lipinski definition) is 2. The molecule has 0 amide bonds. The molecule has 1 saturated heterocycles. The van der Waals surface area contributed by atoms with Gasteiger partial charge in [0.05, 0.1) is 12.2 Å². The molecule has 2 N–H and O–H groups in total. The summed E-state index contributed by atoms with van der Waals surface area (Å²) in [4.78, 5) is 2.33. The maximum atomic E-state index is 9.28. The van der Waals surface area contributed by atoms with E-state index < -0.39 is 0 Å². The van der Waals surface area contributed by atoms with Crippen molar-refractivity contribution in [3.63, 3.8) is 0 Å². The largest absolute Gasteiger partial charge is 0.393 e. The molecule has 0 aromatic heterocycles. The van der Waals surface area contributed by atoms with E-state index in [2.05, 4.69) is 4.90 Å². The lowest BCUT2D eigenvalue weighted by molar-refractivity contribution is -0.0426. The third-order valence-corrected chi connectivity index (χ3v) is 3.07. The van der Waals surface area contributed by atoms with Gasteiger partial charge in [-0.05, 0) is 25.7 Å². The molecule has 0 atom stereocenters. The molecule has 0 aromatic rings. The molecule has 3 nitrogen and oxygen atoms in total. The Morgan fingerprint density at radius 1 is 0.833 bits per heavy atom. The van der Waals surface area contributed by atoms with Gasteiger partial charge in [0, 0.05) is 19.1 Å². The van der Waals surface area contributed by atoms with E-state index in [4.69, 9.17) is 5.11 Å². The molecule has 3 heteroatoms. The van der Waals surface area contributed by atoms with E-state index in [9.17, 15) is 5.11 Å². The topological polar surface area (TPSA) is 43.7 Å². The molecule has 2 aliphatic rings. The summed E-state index contributed by atoms with van der Waals surface area (Å²) in [5.74, 6) is 0. The summed E-state index contributed by atoms with van der Waals surface area (Å²) in [6.07, 6.45) is 3.94. The Morgan fingerprint density at radius 3 is 1.92 bits per heavy atom. The molecule has 1 aliphatic carbocycles. The van der Waals surface area contributed by atoms with Crippen molar-refractivity contribution in [2.24, 2.45) is 0 Å². The van der Waals surface area contributed by atoms with Crippen LogP contribution in [0.25, 0.3) is 0 Å². The van der Waals surface area contributed by atoms with Gasteiger partial charge in [-0.1, -0.05) is 0 Å². The molecule has 1 saturated carbocycles. The molecule has 2 fully saturated rings. The molecule has 0 aromatic carbocycles. The average molecular weight is 171 g/mol. The highest BCUT2D eigenvalue weighted by molar-refractivity contribution is 4.87. The lowest BCUT2D eigenvalue weighted by Gasteiger charge is -2.44. The summed E-state index contributed by atoms with van der Waals surface area (Å²) in [5.41, 5.74) is 0. The van der Waals surface area contributed by atoms with Gasteiger partial charge in [0.15, 0.2) is 0 Å². The molecule has 0 unspecified atom stereocenters. The van der Waals surface area contributed by atoms with Crippen LogP contribution in [-0.2, 0) is 0 Å². The lowest BCUT2D eigenvalue weighted by Crippen LogP contribution is -2.56. The number of aliphatic hydroxyl groups excluding tert-OH is 2. The van der Waals surface area contributed by atoms with Crippen molar-refractivity contribution in [2.75, 3.05) is 13.1 Å². The van der Waals surface area contributed by atoms with Gasteiger partial charge in [-0.15, -0.1) is 0 Å². The van der Waals surface area contributed by atoms with Crippen LogP contribution in [0.15, 0.2) is 0 Å². The fourth-order valence-corrected chi connectivity index (χ4v) is 2.21. The highest BCUT2D eigenvalue weighted by Gasteiger charge is 2.32. The van der Waals surface area contributed by atoms with E-state index >= 15 is 0 Å². The third kappa shape index (κ3) is 1.63. The van der Waals surface area contributed by atoms with E-state index in [0.29, 0.717) is 6.04 Å². The van der Waals surface area contributed by atoms with Gasteiger partial charge < -0.3 is 10.2 Å². The highest BCUT2D eigenvalue weighted by atomic mass is 16.3. The minimum Gasteiger partial charge on any atom is -0.393 e. The summed E-state index contributed by atoms with van der Waals surface area (Å²) in [6.45, 7) is 1.70. The smallest absolute Gasteiger partial charge is 0.0794 e. The maximum absolute atomic E-state index is 9.28. The summed E-state index contributed by atoms with van der Waals surface area (Å²) in [5, 5.41) is 18.4. The first-order valence-electron chi connectivity index (χ1n) is 4.86. The Kier molecular flexibility index (Phi) is 2.35. The lowest BCUT2D eigenvalue weighted by atomic mass is 9.90. The molecule has 1 heterocycles. The van der Waals surface area contributed by atoms with Crippen molar-refractivity contribution in [3.8, 4) is 0 Å². The van der Waals surface area contributed by atoms with Crippen LogP contribution >= 0.6 is 0 Å². The predicted octanol–water partition coefficient (Wildman–Crippen LogP) is -0.0336. The first-order valence-corrected chi connectivity index (χ1v) is 4.86. The molecule has 2 rings (SSSR count). The second-order valence-corrected chi connectivity index (χ2v) is 4.07. The summed E-state index contributed by atoms with van der Waals surface area (Å²) >= 11 is 0. The van der Waals surface area contributed by atoms with Gasteiger partial charge in [-0.25, -0.2) is 0 Å². The van der Waals surface area contributed by atoms with Crippen LogP contribution in [0.1, 0.15) is 25.7 Å². The first kappa shape index (κ1) is 8.48. The summed E-state index contributed by atoms with van der Waals surface area (Å²) in [6, 6.07) is 0.636. The summed E-state index contributed by atoms with van der Waals surface area (Å²) < 4.78 is 0. The maximum Gasteiger partial charge on any atom is 0.0794 e. The van der Waals surface area contributed by atoms with E-state index in [-0.39, 0.29) is 12.2 Å². The Hall–Kier alpha value is -0.120. The van der Waals surface area contributed by atoms with Crippen LogP contribution in [0.4, 0.5) is 0 Å². The Labute approximate surface area is 73.0 Å². The van der Waals surface area contributed by atoms with Gasteiger partial charge in [0.2, 0.25) is 0 Å². The summed E-state index contributed by atoms with van der Waals surface area (Å²) in [7, 11) is 0. The molecule has 1 aliphatic heterocycles. The van der Waals surface area contributed by atoms with Crippen molar-refractivity contribution >= 4 is 0 Å². The van der Waals surface area contributed by atoms with Crippen molar-refractivity contribution in [3.05, 3.63) is 0 Å². The van der Waals surface area contributed by atoms with Crippen LogP contribution in [0.2, 0.25) is 0 Å². The van der Waals surface area contributed by atoms with Crippen molar-refractivity contribution in [1.82, 2.24) is 4.90 Å². The van der Waals surface area contributed by atoms with Crippen LogP contribution < -0.4 is 0 Å². The van der Waals surface area contributed by atoms with Crippen molar-refractivity contribution in [2.45, 2.75) is 43.9 Å². The number of nitrogens with zero attached hydrogens (tertiary/aromatic N) is 1. The second-order valence-electron chi connectivity index (χ2n) is 4.07. The Bertz CT molecular complexity index is 149. The highest BCUT2D eigenvalue weighted by Crippen LogP contribution is 2.26. The normalized spacial score (nSPS) is 39.5. The zero-order valence-electron chi connectivity index (χ0n) is 7.32. The third-order valence-electron chi connectivity index (χ3n) is 3.07. The van der Waals surface area contributed by atoms with E-state index in [0.717, 1.165) is 38.8 Å². The monoisotopic (exact) mass is 171 g/mol. The van der Waals surface area contributed by atoms with Crippen LogP contribution in [0, 0.1) is 0 Å². The SMILES string of the molecule is OC1CCC(N2CC(O)C2)CC1. The van der Waals surface area contributed by atoms with E-state index in [1.807, 2.05) is 0 Å². The number of rotatable bonds is 1. The number of likely N-dealkylation sites (tertiary alicyclic amines) is 1. The average Bonchev–Trinajstić information content (AvgIpc) is 2.01. The van der Waals surface area contributed by atoms with Crippen LogP contribution in [0.3, 0.4) is 0 Å². The fourth-order valence-electron chi connectivity index (χ4n) is 2.21. The number of hydrogen-bond acceptors (Lipinski definition) is 3. The van der Waals surface area contributed by atoms with Gasteiger partial charge in [0.1, 0.15) is 0 Å². The number of aliphatic hydroxyl groups is 2. The molecule has 0 spiro atoms. The Balaban J connectivity index is 1.75. The fraction of sp³-hybridized carbons (Fsp3) is 1.00. The minimum atomic E-state index is -0.0863. The zero-order valence-corrected chi connectivity index (χ0v) is 7.32. The van der Waals surface area contributed by atoms with Crippen molar-refractivity contribution in [1.29, 1.82) is 0 Å². The molecule has 0 radical (unpaired) electrons. The minimum absolute atomic E-state index is 0.0625. The second kappa shape index (κ2) is 3.32.